The molecule has 2 aromatic heterocycles. The molecule has 5 rings (SSSR count). The topological polar surface area (TPSA) is 29.0 Å². The number of aromatic nitrogens is 2. The zero-order chi connectivity index (χ0) is 14.7. The van der Waals surface area contributed by atoms with E-state index in [2.05, 4.69) is 38.8 Å². The smallest absolute Gasteiger partial charge is 0.129 e. The van der Waals surface area contributed by atoms with Crippen LogP contribution in [0.4, 0.5) is 5.82 Å². The lowest BCUT2D eigenvalue weighted by Crippen LogP contribution is -2.82. The van der Waals surface area contributed by atoms with Crippen molar-refractivity contribution >= 4 is 17.2 Å². The lowest BCUT2D eigenvalue weighted by Gasteiger charge is -2.77. The first-order chi connectivity index (χ1) is 10.8. The fourth-order valence-electron chi connectivity index (χ4n) is 4.43. The fraction of sp³-hybridized carbons (Fsp3) is 0.444. The molecule has 0 N–H and O–H groups in total. The highest BCUT2D eigenvalue weighted by Gasteiger charge is 2.70. The molecule has 4 heteroatoms. The van der Waals surface area contributed by atoms with Crippen molar-refractivity contribution in [3.8, 4) is 11.8 Å². The van der Waals surface area contributed by atoms with Crippen LogP contribution in [0.3, 0.4) is 0 Å². The van der Waals surface area contributed by atoms with E-state index in [1.165, 1.54) is 25.7 Å². The number of rotatable bonds is 1. The minimum atomic E-state index is 0.697. The Labute approximate surface area is 134 Å². The number of aryl methyl sites for hydroxylation is 1. The van der Waals surface area contributed by atoms with E-state index < -0.39 is 0 Å². The first-order valence-electron chi connectivity index (χ1n) is 7.95. The van der Waals surface area contributed by atoms with Gasteiger partial charge in [0.15, 0.2) is 0 Å². The quantitative estimate of drug-likeness (QED) is 0.756. The molecule has 1 spiro atoms. The van der Waals surface area contributed by atoms with E-state index in [4.69, 9.17) is 0 Å². The van der Waals surface area contributed by atoms with E-state index in [-0.39, 0.29) is 0 Å². The Morgan fingerprint density at radius 3 is 2.59 bits per heavy atom. The lowest BCUT2D eigenvalue weighted by atomic mass is 9.43. The van der Waals surface area contributed by atoms with E-state index in [1.54, 1.807) is 11.3 Å². The molecule has 0 amide bonds. The molecule has 2 aromatic rings. The first-order valence-corrected chi connectivity index (χ1v) is 8.83. The fourth-order valence-corrected chi connectivity index (χ4v) is 4.97. The largest absolute Gasteiger partial charge is 0.349 e. The van der Waals surface area contributed by atoms with Gasteiger partial charge in [0, 0.05) is 34.6 Å². The second-order valence-electron chi connectivity index (χ2n) is 6.66. The van der Waals surface area contributed by atoms with Crippen molar-refractivity contribution in [1.82, 2.24) is 9.97 Å². The summed E-state index contributed by atoms with van der Waals surface area (Å²) in [5, 5.41) is 3.05. The van der Waals surface area contributed by atoms with E-state index in [1.807, 2.05) is 18.5 Å². The Morgan fingerprint density at radius 2 is 2.05 bits per heavy atom. The minimum absolute atomic E-state index is 0.697. The average molecular weight is 307 g/mol. The van der Waals surface area contributed by atoms with Crippen molar-refractivity contribution in [3.63, 3.8) is 0 Å². The molecule has 0 radical (unpaired) electrons. The minimum Gasteiger partial charge on any atom is -0.349 e. The Bertz CT molecular complexity index is 778. The summed E-state index contributed by atoms with van der Waals surface area (Å²) in [5.74, 6) is 7.40. The molecule has 1 aliphatic heterocycles. The van der Waals surface area contributed by atoms with Crippen molar-refractivity contribution in [2.75, 3.05) is 4.90 Å². The molecule has 2 atom stereocenters. The lowest BCUT2D eigenvalue weighted by molar-refractivity contribution is -0.116. The van der Waals surface area contributed by atoms with Gasteiger partial charge in [-0.2, -0.15) is 0 Å². The van der Waals surface area contributed by atoms with Crippen LogP contribution >= 0.6 is 11.3 Å². The Kier molecular flexibility index (Phi) is 2.49. The number of hydrogen-bond acceptors (Lipinski definition) is 4. The molecular formula is C18H17N3S. The van der Waals surface area contributed by atoms with Crippen LogP contribution in [0.25, 0.3) is 0 Å². The third-order valence-electron chi connectivity index (χ3n) is 5.73. The maximum absolute atomic E-state index is 4.66. The number of anilines is 1. The van der Waals surface area contributed by atoms with Gasteiger partial charge in [-0.3, -0.25) is 0 Å². The monoisotopic (exact) mass is 307 g/mol. The van der Waals surface area contributed by atoms with Gasteiger partial charge in [-0.25, -0.2) is 9.97 Å². The summed E-state index contributed by atoms with van der Waals surface area (Å²) in [4.78, 5) is 11.6. The van der Waals surface area contributed by atoms with Crippen molar-refractivity contribution in [2.45, 2.75) is 44.7 Å². The maximum Gasteiger partial charge on any atom is 0.129 e. The molecule has 2 unspecified atom stereocenters. The predicted molar refractivity (Wildman–Crippen MR) is 88.0 cm³/mol. The Balaban J connectivity index is 1.35. The summed E-state index contributed by atoms with van der Waals surface area (Å²) in [6.07, 6.45) is 7.48. The molecule has 1 saturated heterocycles. The zero-order valence-electron chi connectivity index (χ0n) is 12.5. The SMILES string of the molecule is Cc1nc(C#Cc2ccc(N3C4CCC45CCC35)nc2)cs1. The molecule has 0 aromatic carbocycles. The van der Waals surface area contributed by atoms with Crippen molar-refractivity contribution in [1.29, 1.82) is 0 Å². The van der Waals surface area contributed by atoms with Crippen molar-refractivity contribution < 1.29 is 0 Å². The Morgan fingerprint density at radius 1 is 1.23 bits per heavy atom. The molecule has 3 nitrogen and oxygen atoms in total. The summed E-state index contributed by atoms with van der Waals surface area (Å²) in [5.41, 5.74) is 2.51. The molecule has 110 valence electrons. The summed E-state index contributed by atoms with van der Waals surface area (Å²) >= 11 is 1.63. The average Bonchev–Trinajstić information content (AvgIpc) is 2.88. The van der Waals surface area contributed by atoms with E-state index in [0.717, 1.165) is 34.2 Å². The number of hydrogen-bond donors (Lipinski definition) is 0. The molecular weight excluding hydrogens is 290 g/mol. The summed E-state index contributed by atoms with van der Waals surface area (Å²) in [6, 6.07) is 5.77. The highest BCUT2D eigenvalue weighted by molar-refractivity contribution is 7.09. The van der Waals surface area contributed by atoms with Gasteiger partial charge in [0.05, 0.1) is 5.01 Å². The van der Waals surface area contributed by atoms with Gasteiger partial charge in [0.25, 0.3) is 0 Å². The van der Waals surface area contributed by atoms with Gasteiger partial charge >= 0.3 is 0 Å². The molecule has 3 fully saturated rings. The number of pyridine rings is 1. The van der Waals surface area contributed by atoms with Gasteiger partial charge in [0.1, 0.15) is 11.5 Å². The van der Waals surface area contributed by atoms with Crippen molar-refractivity contribution in [3.05, 3.63) is 40.0 Å². The van der Waals surface area contributed by atoms with Gasteiger partial charge in [-0.05, 0) is 50.7 Å². The van der Waals surface area contributed by atoms with Crippen LogP contribution in [0.2, 0.25) is 0 Å². The Hall–Kier alpha value is -1.86. The molecule has 3 heterocycles. The van der Waals surface area contributed by atoms with Gasteiger partial charge in [0.2, 0.25) is 0 Å². The number of nitrogens with zero attached hydrogens (tertiary/aromatic N) is 3. The van der Waals surface area contributed by atoms with Crippen LogP contribution in [0, 0.1) is 24.2 Å². The predicted octanol–water partition coefficient (Wildman–Crippen LogP) is 3.38. The number of thiazole rings is 1. The molecule has 2 saturated carbocycles. The van der Waals surface area contributed by atoms with Crippen LogP contribution < -0.4 is 4.90 Å². The highest BCUT2D eigenvalue weighted by atomic mass is 32.1. The first kappa shape index (κ1) is 12.7. The van der Waals surface area contributed by atoms with Crippen LogP contribution in [-0.4, -0.2) is 22.1 Å². The molecule has 2 aliphatic carbocycles. The number of piperidine rings is 2. The van der Waals surface area contributed by atoms with E-state index in [9.17, 15) is 0 Å². The third-order valence-corrected chi connectivity index (χ3v) is 6.51. The van der Waals surface area contributed by atoms with Gasteiger partial charge in [-0.1, -0.05) is 5.92 Å². The van der Waals surface area contributed by atoms with E-state index >= 15 is 0 Å². The van der Waals surface area contributed by atoms with Crippen LogP contribution in [0.15, 0.2) is 23.7 Å². The molecule has 22 heavy (non-hydrogen) atoms. The van der Waals surface area contributed by atoms with Crippen LogP contribution in [-0.2, 0) is 0 Å². The maximum atomic E-state index is 4.66. The molecule has 3 aliphatic rings. The zero-order valence-corrected chi connectivity index (χ0v) is 13.4. The van der Waals surface area contributed by atoms with Crippen LogP contribution in [0.1, 0.15) is 41.9 Å². The third kappa shape index (κ3) is 1.58. The van der Waals surface area contributed by atoms with E-state index in [0.29, 0.717) is 5.41 Å². The second kappa shape index (κ2) is 4.33. The van der Waals surface area contributed by atoms with Gasteiger partial charge in [-0.15, -0.1) is 11.3 Å². The highest BCUT2D eigenvalue weighted by Crippen LogP contribution is 2.68. The molecule has 0 bridgehead atoms. The normalized spacial score (nSPS) is 30.9. The van der Waals surface area contributed by atoms with Crippen LogP contribution in [0.5, 0.6) is 0 Å². The summed E-state index contributed by atoms with van der Waals surface area (Å²) in [6.45, 7) is 2.00. The standard InChI is InChI=1S/C18H17N3S/c1-12-20-14(11-22-12)4-2-13-3-5-17(19-10-13)21-15-6-8-18(15)9-7-16(18)21/h3,5,10-11,15-16H,6-9H2,1H3. The summed E-state index contributed by atoms with van der Waals surface area (Å²) < 4.78 is 0. The van der Waals surface area contributed by atoms with Crippen molar-refractivity contribution in [2.24, 2.45) is 5.41 Å². The second-order valence-corrected chi connectivity index (χ2v) is 7.72. The summed E-state index contributed by atoms with van der Waals surface area (Å²) in [7, 11) is 0. The van der Waals surface area contributed by atoms with Gasteiger partial charge < -0.3 is 4.90 Å².